The van der Waals surface area contributed by atoms with E-state index in [1.54, 1.807) is 11.0 Å². The Balaban J connectivity index is 1.60. The number of amides is 2. The number of benzene rings is 2. The number of hydrogen-bond acceptors (Lipinski definition) is 5. The smallest absolute Gasteiger partial charge is 0.308 e. The molecule has 2 aromatic carbocycles. The number of carboxylic acids is 1. The van der Waals surface area contributed by atoms with Crippen LogP contribution in [0.5, 0.6) is 0 Å². The van der Waals surface area contributed by atoms with E-state index in [1.165, 1.54) is 16.7 Å². The SMILES string of the molecule is C=CCN(C(=O)C1N(CCO)C(=O)[C@@H]2[C@@H](C(=O)O)[C@@H]3SC12CC3Br)c1ccc2ccccc2c1. The van der Waals surface area contributed by atoms with Crippen molar-refractivity contribution in [1.82, 2.24) is 4.90 Å². The molecule has 0 aliphatic carbocycles. The number of likely N-dealkylation sites (tertiary alicyclic amines) is 1. The number of carbonyl (C=O) groups excluding carboxylic acids is 2. The number of alkyl halides is 1. The number of aliphatic carboxylic acids is 1. The van der Waals surface area contributed by atoms with Gasteiger partial charge in [-0.2, -0.15) is 0 Å². The molecule has 3 saturated heterocycles. The van der Waals surface area contributed by atoms with Crippen molar-refractivity contribution in [2.75, 3.05) is 24.6 Å². The molecular formula is C25H25BrN2O5S. The maximum absolute atomic E-state index is 14.2. The van der Waals surface area contributed by atoms with Crippen LogP contribution in [-0.2, 0) is 14.4 Å². The molecule has 3 unspecified atom stereocenters. The average molecular weight is 545 g/mol. The summed E-state index contributed by atoms with van der Waals surface area (Å²) in [5.74, 6) is -3.32. The van der Waals surface area contributed by atoms with Gasteiger partial charge >= 0.3 is 5.97 Å². The number of thioether (sulfide) groups is 1. The number of halogens is 1. The highest BCUT2D eigenvalue weighted by atomic mass is 79.9. The molecule has 9 heteroatoms. The van der Waals surface area contributed by atoms with Gasteiger partial charge in [-0.05, 0) is 29.3 Å². The molecule has 2 aromatic rings. The predicted octanol–water partition coefficient (Wildman–Crippen LogP) is 2.90. The van der Waals surface area contributed by atoms with Gasteiger partial charge in [0.25, 0.3) is 5.91 Å². The van der Waals surface area contributed by atoms with Crippen LogP contribution in [0.25, 0.3) is 10.8 Å². The Morgan fingerprint density at radius 2 is 2.00 bits per heavy atom. The molecule has 2 bridgehead atoms. The van der Waals surface area contributed by atoms with Gasteiger partial charge in [0, 0.05) is 28.9 Å². The highest BCUT2D eigenvalue weighted by Gasteiger charge is 2.76. The second-order valence-electron chi connectivity index (χ2n) is 9.03. The molecule has 0 saturated carbocycles. The number of β-amino-alcohol motifs (C(OH)–C–C–N with tert-alkyl or cyclic N) is 1. The summed E-state index contributed by atoms with van der Waals surface area (Å²) in [5.41, 5.74) is 0.683. The van der Waals surface area contributed by atoms with Gasteiger partial charge in [-0.1, -0.05) is 52.3 Å². The van der Waals surface area contributed by atoms with E-state index in [9.17, 15) is 24.6 Å². The monoisotopic (exact) mass is 544 g/mol. The van der Waals surface area contributed by atoms with Crippen LogP contribution in [0.2, 0.25) is 0 Å². The number of aliphatic hydroxyl groups excluding tert-OH is 1. The number of rotatable bonds is 7. The molecule has 3 fully saturated rings. The van der Waals surface area contributed by atoms with Crippen molar-refractivity contribution >= 4 is 61.9 Å². The van der Waals surface area contributed by atoms with Gasteiger partial charge in [0.05, 0.1) is 23.2 Å². The predicted molar refractivity (Wildman–Crippen MR) is 135 cm³/mol. The van der Waals surface area contributed by atoms with Crippen LogP contribution in [0.1, 0.15) is 6.42 Å². The summed E-state index contributed by atoms with van der Waals surface area (Å²) >= 11 is 5.08. The number of aliphatic hydroxyl groups is 1. The van der Waals surface area contributed by atoms with Crippen LogP contribution in [0.4, 0.5) is 5.69 Å². The maximum atomic E-state index is 14.2. The Morgan fingerprint density at radius 1 is 1.26 bits per heavy atom. The van der Waals surface area contributed by atoms with Gasteiger partial charge in [-0.3, -0.25) is 14.4 Å². The minimum Gasteiger partial charge on any atom is -0.481 e. The number of carbonyl (C=O) groups is 3. The van der Waals surface area contributed by atoms with E-state index < -0.39 is 28.6 Å². The lowest BCUT2D eigenvalue weighted by atomic mass is 9.71. The van der Waals surface area contributed by atoms with Crippen LogP contribution in [0.3, 0.4) is 0 Å². The Hall–Kier alpha value is -2.36. The molecule has 3 aliphatic rings. The van der Waals surface area contributed by atoms with Crippen molar-refractivity contribution in [3.63, 3.8) is 0 Å². The first-order chi connectivity index (χ1) is 16.3. The van der Waals surface area contributed by atoms with Crippen molar-refractivity contribution < 1.29 is 24.6 Å². The summed E-state index contributed by atoms with van der Waals surface area (Å²) in [4.78, 5) is 42.9. The number of nitrogens with zero attached hydrogens (tertiary/aromatic N) is 2. The van der Waals surface area contributed by atoms with E-state index in [0.717, 1.165) is 10.8 Å². The van der Waals surface area contributed by atoms with Gasteiger partial charge in [-0.25, -0.2) is 0 Å². The van der Waals surface area contributed by atoms with Gasteiger partial charge in [-0.15, -0.1) is 18.3 Å². The Labute approximate surface area is 209 Å². The minimum atomic E-state index is -1.02. The fraction of sp³-hybridized carbons (Fsp3) is 0.400. The number of carboxylic acid groups (broad SMARTS) is 1. The normalized spacial score (nSPS) is 31.6. The van der Waals surface area contributed by atoms with E-state index >= 15 is 0 Å². The van der Waals surface area contributed by atoms with Crippen LogP contribution in [-0.4, -0.2) is 73.5 Å². The molecule has 0 aromatic heterocycles. The second kappa shape index (κ2) is 8.70. The van der Waals surface area contributed by atoms with Gasteiger partial charge in [0.1, 0.15) is 6.04 Å². The van der Waals surface area contributed by atoms with E-state index in [2.05, 4.69) is 22.5 Å². The minimum absolute atomic E-state index is 0.0162. The lowest BCUT2D eigenvalue weighted by molar-refractivity contribution is -0.148. The van der Waals surface area contributed by atoms with E-state index in [0.29, 0.717) is 12.1 Å². The van der Waals surface area contributed by atoms with Gasteiger partial charge < -0.3 is 20.0 Å². The number of hydrogen-bond donors (Lipinski definition) is 2. The summed E-state index contributed by atoms with van der Waals surface area (Å²) < 4.78 is -0.860. The number of anilines is 1. The van der Waals surface area contributed by atoms with Crippen LogP contribution in [0, 0.1) is 11.8 Å². The molecule has 5 rings (SSSR count). The van der Waals surface area contributed by atoms with Crippen LogP contribution < -0.4 is 4.90 Å². The largest absolute Gasteiger partial charge is 0.481 e. The molecule has 3 aliphatic heterocycles. The van der Waals surface area contributed by atoms with Crippen LogP contribution >= 0.6 is 27.7 Å². The Bertz CT molecular complexity index is 1190. The highest BCUT2D eigenvalue weighted by Crippen LogP contribution is 2.67. The summed E-state index contributed by atoms with van der Waals surface area (Å²) in [5, 5.41) is 21.4. The molecular weight excluding hydrogens is 520 g/mol. The first-order valence-corrected chi connectivity index (χ1v) is 13.0. The lowest BCUT2D eigenvalue weighted by Gasteiger charge is -2.37. The summed E-state index contributed by atoms with van der Waals surface area (Å²) in [7, 11) is 0. The molecule has 2 amide bonds. The highest BCUT2D eigenvalue weighted by molar-refractivity contribution is 9.09. The first kappa shape index (κ1) is 23.4. The van der Waals surface area contributed by atoms with Crippen molar-refractivity contribution in [1.29, 1.82) is 0 Å². The lowest BCUT2D eigenvalue weighted by Crippen LogP contribution is -2.56. The number of fused-ring (bicyclic) bond motifs is 2. The molecule has 34 heavy (non-hydrogen) atoms. The van der Waals surface area contributed by atoms with E-state index in [-0.39, 0.29) is 41.6 Å². The Kier molecular flexibility index (Phi) is 5.98. The third-order valence-electron chi connectivity index (χ3n) is 7.27. The fourth-order valence-electron chi connectivity index (χ4n) is 5.98. The molecule has 1 spiro atoms. The second-order valence-corrected chi connectivity index (χ2v) is 11.7. The first-order valence-electron chi connectivity index (χ1n) is 11.2. The third kappa shape index (κ3) is 3.31. The molecule has 2 N–H and O–H groups in total. The average Bonchev–Trinajstić information content (AvgIpc) is 3.41. The molecule has 0 radical (unpaired) electrons. The molecule has 6 atom stereocenters. The fourth-order valence-corrected chi connectivity index (χ4v) is 9.58. The van der Waals surface area contributed by atoms with Crippen molar-refractivity contribution in [2.45, 2.75) is 27.3 Å². The Morgan fingerprint density at radius 3 is 2.68 bits per heavy atom. The maximum Gasteiger partial charge on any atom is 0.308 e. The summed E-state index contributed by atoms with van der Waals surface area (Å²) in [6.07, 6.45) is 2.16. The van der Waals surface area contributed by atoms with Crippen molar-refractivity contribution in [3.05, 3.63) is 55.1 Å². The quantitative estimate of drug-likeness (QED) is 0.410. The summed E-state index contributed by atoms with van der Waals surface area (Å²) in [6.45, 7) is 3.74. The van der Waals surface area contributed by atoms with Crippen molar-refractivity contribution in [2.24, 2.45) is 11.8 Å². The van der Waals surface area contributed by atoms with Gasteiger partial charge in [0.2, 0.25) is 5.91 Å². The van der Waals surface area contributed by atoms with Crippen LogP contribution in [0.15, 0.2) is 55.1 Å². The van der Waals surface area contributed by atoms with Crippen molar-refractivity contribution in [3.8, 4) is 0 Å². The molecule has 178 valence electrons. The molecule has 3 heterocycles. The van der Waals surface area contributed by atoms with E-state index in [4.69, 9.17) is 0 Å². The third-order valence-corrected chi connectivity index (χ3v) is 10.5. The summed E-state index contributed by atoms with van der Waals surface area (Å²) in [6, 6.07) is 12.7. The van der Waals surface area contributed by atoms with E-state index in [1.807, 2.05) is 42.5 Å². The zero-order chi connectivity index (χ0) is 24.2. The van der Waals surface area contributed by atoms with Gasteiger partial charge in [0.15, 0.2) is 0 Å². The zero-order valence-corrected chi connectivity index (χ0v) is 20.7. The molecule has 7 nitrogen and oxygen atoms in total. The zero-order valence-electron chi connectivity index (χ0n) is 18.3. The standard InChI is InChI=1S/C25H25BrN2O5S/c1-2-9-27(16-8-7-14-5-3-4-6-15(14)12-16)23(31)21-25-13-17(26)20(34-25)18(24(32)33)19(25)22(30)28(21)10-11-29/h2-8,12,17-21,29H,1,9-11,13H2,(H,32,33)/t17?,18-,19+,20-,21?,25?/m1/s1. The topological polar surface area (TPSA) is 98.2 Å².